The van der Waals surface area contributed by atoms with Gasteiger partial charge in [0.15, 0.2) is 0 Å². The van der Waals surface area contributed by atoms with Crippen LogP contribution in [0.5, 0.6) is 0 Å². The van der Waals surface area contributed by atoms with Crippen LogP contribution >= 0.6 is 0 Å². The highest BCUT2D eigenvalue weighted by Gasteiger charge is 2.21. The molecule has 1 N–H and O–H groups in total. The third-order valence-electron chi connectivity index (χ3n) is 4.96. The molecule has 3 rings (SSSR count). The zero-order chi connectivity index (χ0) is 19.6. The molecule has 1 aliphatic rings. The first kappa shape index (κ1) is 19.6. The van der Waals surface area contributed by atoms with Crippen molar-refractivity contribution in [1.29, 1.82) is 0 Å². The molecule has 1 aliphatic heterocycles. The average Bonchev–Trinajstić information content (AvgIpc) is 3.16. The standard InChI is InChI=1S/C20H26FN3O2S/c1-15-9-10-16(13-20(15)27(25,26)23(2)3)22-14-17-18(21)7-6-8-19(17)24-11-4-5-12-24/h6-10,13,22H,4-5,11-12,14H2,1-3H3. The number of aryl methyl sites for hydroxylation is 1. The van der Waals surface area contributed by atoms with Crippen LogP contribution < -0.4 is 10.2 Å². The molecule has 1 fully saturated rings. The summed E-state index contributed by atoms with van der Waals surface area (Å²) in [4.78, 5) is 2.46. The molecule has 0 amide bonds. The van der Waals surface area contributed by atoms with E-state index in [4.69, 9.17) is 0 Å². The molecule has 0 spiro atoms. The van der Waals surface area contributed by atoms with E-state index in [-0.39, 0.29) is 10.7 Å². The Morgan fingerprint density at radius 2 is 1.85 bits per heavy atom. The molecule has 146 valence electrons. The summed E-state index contributed by atoms with van der Waals surface area (Å²) in [5.74, 6) is -0.250. The predicted octanol–water partition coefficient (Wildman–Crippen LogP) is 3.60. The van der Waals surface area contributed by atoms with E-state index in [1.54, 1.807) is 25.1 Å². The van der Waals surface area contributed by atoms with E-state index in [2.05, 4.69) is 10.2 Å². The average molecular weight is 392 g/mol. The van der Waals surface area contributed by atoms with Gasteiger partial charge in [-0.2, -0.15) is 0 Å². The number of halogens is 1. The lowest BCUT2D eigenvalue weighted by Crippen LogP contribution is -2.23. The molecule has 0 radical (unpaired) electrons. The van der Waals surface area contributed by atoms with Gasteiger partial charge < -0.3 is 10.2 Å². The summed E-state index contributed by atoms with van der Waals surface area (Å²) >= 11 is 0. The zero-order valence-electron chi connectivity index (χ0n) is 16.0. The molecular formula is C20H26FN3O2S. The maximum Gasteiger partial charge on any atom is 0.242 e. The number of rotatable bonds is 6. The SMILES string of the molecule is Cc1ccc(NCc2c(F)cccc2N2CCCC2)cc1S(=O)(=O)N(C)C. The van der Waals surface area contributed by atoms with Crippen LogP contribution in [0.4, 0.5) is 15.8 Å². The summed E-state index contributed by atoms with van der Waals surface area (Å²) in [5.41, 5.74) is 2.85. The van der Waals surface area contributed by atoms with Crippen LogP contribution in [0.2, 0.25) is 0 Å². The maximum absolute atomic E-state index is 14.5. The van der Waals surface area contributed by atoms with Gasteiger partial charge >= 0.3 is 0 Å². The van der Waals surface area contributed by atoms with E-state index in [1.165, 1.54) is 24.5 Å². The molecule has 27 heavy (non-hydrogen) atoms. The Morgan fingerprint density at radius 1 is 1.15 bits per heavy atom. The van der Waals surface area contributed by atoms with Gasteiger partial charge in [0, 0.05) is 50.7 Å². The summed E-state index contributed by atoms with van der Waals surface area (Å²) in [5, 5.41) is 3.19. The first-order chi connectivity index (χ1) is 12.8. The van der Waals surface area contributed by atoms with Gasteiger partial charge in [-0.1, -0.05) is 12.1 Å². The molecule has 1 saturated heterocycles. The minimum atomic E-state index is -3.53. The summed E-state index contributed by atoms with van der Waals surface area (Å²) in [6.07, 6.45) is 2.24. The maximum atomic E-state index is 14.5. The van der Waals surface area contributed by atoms with E-state index in [0.29, 0.717) is 23.4 Å². The van der Waals surface area contributed by atoms with Gasteiger partial charge in [-0.3, -0.25) is 0 Å². The monoisotopic (exact) mass is 391 g/mol. The fraction of sp³-hybridized carbons (Fsp3) is 0.400. The number of sulfonamides is 1. The normalized spacial score (nSPS) is 14.8. The minimum Gasteiger partial charge on any atom is -0.381 e. The molecule has 2 aromatic rings. The van der Waals surface area contributed by atoms with Crippen LogP contribution in [0.3, 0.4) is 0 Å². The Morgan fingerprint density at radius 3 is 2.52 bits per heavy atom. The number of hydrogen-bond donors (Lipinski definition) is 1. The highest BCUT2D eigenvalue weighted by molar-refractivity contribution is 7.89. The predicted molar refractivity (Wildman–Crippen MR) is 107 cm³/mol. The topological polar surface area (TPSA) is 52.7 Å². The quantitative estimate of drug-likeness (QED) is 0.818. The van der Waals surface area contributed by atoms with Crippen LogP contribution in [0.15, 0.2) is 41.3 Å². The lowest BCUT2D eigenvalue weighted by atomic mass is 10.1. The third-order valence-corrected chi connectivity index (χ3v) is 6.91. The minimum absolute atomic E-state index is 0.250. The van der Waals surface area contributed by atoms with Gasteiger partial charge in [-0.05, 0) is 49.6 Å². The van der Waals surface area contributed by atoms with E-state index in [0.717, 1.165) is 31.6 Å². The Kier molecular flexibility index (Phi) is 5.72. The van der Waals surface area contributed by atoms with Crippen molar-refractivity contribution in [1.82, 2.24) is 4.31 Å². The largest absolute Gasteiger partial charge is 0.381 e. The van der Waals surface area contributed by atoms with Crippen LogP contribution in [-0.4, -0.2) is 39.9 Å². The molecule has 7 heteroatoms. The molecular weight excluding hydrogens is 365 g/mol. The molecule has 0 atom stereocenters. The number of hydrogen-bond acceptors (Lipinski definition) is 4. The van der Waals surface area contributed by atoms with Crippen molar-refractivity contribution in [2.45, 2.75) is 31.2 Å². The van der Waals surface area contributed by atoms with Gasteiger partial charge in [0.1, 0.15) is 5.82 Å². The number of nitrogens with one attached hydrogen (secondary N) is 1. The zero-order valence-corrected chi connectivity index (χ0v) is 16.8. The van der Waals surface area contributed by atoms with Crippen molar-refractivity contribution in [2.24, 2.45) is 0 Å². The second-order valence-corrected chi connectivity index (χ2v) is 9.17. The highest BCUT2D eigenvalue weighted by atomic mass is 32.2. The molecule has 5 nitrogen and oxygen atoms in total. The first-order valence-electron chi connectivity index (χ1n) is 9.10. The molecule has 0 aromatic heterocycles. The Balaban J connectivity index is 1.86. The molecule has 1 heterocycles. The fourth-order valence-electron chi connectivity index (χ4n) is 3.35. The molecule has 2 aromatic carbocycles. The molecule has 0 saturated carbocycles. The number of benzene rings is 2. The van der Waals surface area contributed by atoms with Gasteiger partial charge in [0.2, 0.25) is 10.0 Å². The Bertz CT molecular complexity index is 923. The molecule has 0 bridgehead atoms. The van der Waals surface area contributed by atoms with Gasteiger partial charge in [0.05, 0.1) is 4.90 Å². The van der Waals surface area contributed by atoms with Crippen molar-refractivity contribution in [2.75, 3.05) is 37.4 Å². The second-order valence-electron chi connectivity index (χ2n) is 7.05. The Labute approximate surface area is 160 Å². The molecule has 0 unspecified atom stereocenters. The fourth-order valence-corrected chi connectivity index (χ4v) is 4.50. The van der Waals surface area contributed by atoms with Crippen molar-refractivity contribution in [3.8, 4) is 0 Å². The van der Waals surface area contributed by atoms with E-state index in [1.807, 2.05) is 12.1 Å². The van der Waals surface area contributed by atoms with Crippen molar-refractivity contribution < 1.29 is 12.8 Å². The van der Waals surface area contributed by atoms with E-state index < -0.39 is 10.0 Å². The van der Waals surface area contributed by atoms with Gasteiger partial charge in [0.25, 0.3) is 0 Å². The summed E-state index contributed by atoms with van der Waals surface area (Å²) in [7, 11) is -0.510. The van der Waals surface area contributed by atoms with E-state index in [9.17, 15) is 12.8 Å². The van der Waals surface area contributed by atoms with Gasteiger partial charge in [-0.15, -0.1) is 0 Å². The van der Waals surface area contributed by atoms with Gasteiger partial charge in [-0.25, -0.2) is 17.1 Å². The van der Waals surface area contributed by atoms with Crippen LogP contribution in [-0.2, 0) is 16.6 Å². The molecule has 0 aliphatic carbocycles. The number of anilines is 2. The summed E-state index contributed by atoms with van der Waals surface area (Å²) in [6, 6.07) is 10.3. The first-order valence-corrected chi connectivity index (χ1v) is 10.5. The van der Waals surface area contributed by atoms with Crippen LogP contribution in [0, 0.1) is 12.7 Å². The smallest absolute Gasteiger partial charge is 0.242 e. The second kappa shape index (κ2) is 7.86. The van der Waals surface area contributed by atoms with Crippen LogP contribution in [0.1, 0.15) is 24.0 Å². The summed E-state index contributed by atoms with van der Waals surface area (Å²) < 4.78 is 40.7. The van der Waals surface area contributed by atoms with Crippen molar-refractivity contribution >= 4 is 21.4 Å². The highest BCUT2D eigenvalue weighted by Crippen LogP contribution is 2.28. The van der Waals surface area contributed by atoms with E-state index >= 15 is 0 Å². The van der Waals surface area contributed by atoms with Crippen LogP contribution in [0.25, 0.3) is 0 Å². The lowest BCUT2D eigenvalue weighted by Gasteiger charge is -2.22. The third kappa shape index (κ3) is 4.09. The lowest BCUT2D eigenvalue weighted by molar-refractivity contribution is 0.520. The summed E-state index contributed by atoms with van der Waals surface area (Å²) in [6.45, 7) is 3.93. The van der Waals surface area contributed by atoms with Crippen molar-refractivity contribution in [3.63, 3.8) is 0 Å². The Hall–Kier alpha value is -2.12. The number of nitrogens with zero attached hydrogens (tertiary/aromatic N) is 2. The van der Waals surface area contributed by atoms with Crippen molar-refractivity contribution in [3.05, 3.63) is 53.3 Å².